The molecule has 2 atom stereocenters. The Morgan fingerprint density at radius 1 is 1.50 bits per heavy atom. The van der Waals surface area contributed by atoms with Crippen LogP contribution in [0.15, 0.2) is 24.5 Å². The largest absolute Gasteiger partial charge is 0.378 e. The van der Waals surface area contributed by atoms with E-state index in [-0.39, 0.29) is 23.5 Å². The van der Waals surface area contributed by atoms with Gasteiger partial charge in [0.15, 0.2) is 0 Å². The van der Waals surface area contributed by atoms with Crippen molar-refractivity contribution < 1.29 is 9.53 Å². The highest BCUT2D eigenvalue weighted by Crippen LogP contribution is 2.42. The second-order valence-corrected chi connectivity index (χ2v) is 5.26. The highest BCUT2D eigenvalue weighted by molar-refractivity contribution is 5.94. The smallest absolute Gasteiger partial charge is 0.251 e. The summed E-state index contributed by atoms with van der Waals surface area (Å²) >= 11 is 0. The molecule has 0 unspecified atom stereocenters. The predicted molar refractivity (Wildman–Crippen MR) is 69.3 cm³/mol. The normalized spacial score (nSPS) is 25.3. The van der Waals surface area contributed by atoms with Crippen LogP contribution in [0.1, 0.15) is 37.6 Å². The predicted octanol–water partition coefficient (Wildman–Crippen LogP) is 2.02. The van der Waals surface area contributed by atoms with Crippen LogP contribution < -0.4 is 5.32 Å². The first-order chi connectivity index (χ1) is 8.55. The van der Waals surface area contributed by atoms with Crippen molar-refractivity contribution in [3.05, 3.63) is 30.1 Å². The van der Waals surface area contributed by atoms with Crippen LogP contribution in [0.25, 0.3) is 0 Å². The molecule has 2 rings (SSSR count). The Morgan fingerprint density at radius 2 is 2.17 bits per heavy atom. The van der Waals surface area contributed by atoms with Crippen LogP contribution in [0.3, 0.4) is 0 Å². The molecule has 1 aliphatic rings. The summed E-state index contributed by atoms with van der Waals surface area (Å²) in [6.45, 7) is 6.99. The molecule has 1 fully saturated rings. The summed E-state index contributed by atoms with van der Waals surface area (Å²) in [4.78, 5) is 15.9. The monoisotopic (exact) mass is 248 g/mol. The molecule has 0 spiro atoms. The van der Waals surface area contributed by atoms with Crippen molar-refractivity contribution in [2.45, 2.75) is 39.3 Å². The lowest BCUT2D eigenvalue weighted by Crippen LogP contribution is -2.62. The van der Waals surface area contributed by atoms with Gasteiger partial charge in [0.05, 0.1) is 6.10 Å². The third kappa shape index (κ3) is 2.38. The molecule has 1 aromatic heterocycles. The van der Waals surface area contributed by atoms with Crippen molar-refractivity contribution in [2.24, 2.45) is 5.41 Å². The Kier molecular flexibility index (Phi) is 3.66. The topological polar surface area (TPSA) is 51.2 Å². The van der Waals surface area contributed by atoms with Gasteiger partial charge in [-0.05, 0) is 25.5 Å². The average molecular weight is 248 g/mol. The Balaban J connectivity index is 1.94. The zero-order valence-corrected chi connectivity index (χ0v) is 11.1. The van der Waals surface area contributed by atoms with Gasteiger partial charge in [-0.1, -0.05) is 13.8 Å². The van der Waals surface area contributed by atoms with Crippen molar-refractivity contribution >= 4 is 5.91 Å². The van der Waals surface area contributed by atoms with Crippen molar-refractivity contribution in [3.63, 3.8) is 0 Å². The van der Waals surface area contributed by atoms with Crippen LogP contribution in [0.5, 0.6) is 0 Å². The molecule has 4 heteroatoms. The summed E-state index contributed by atoms with van der Waals surface area (Å²) in [6, 6.07) is 3.62. The number of ether oxygens (including phenoxy) is 1. The maximum absolute atomic E-state index is 12.0. The van der Waals surface area contributed by atoms with Crippen LogP contribution >= 0.6 is 0 Å². The van der Waals surface area contributed by atoms with Gasteiger partial charge in [0.25, 0.3) is 5.91 Å². The number of amides is 1. The number of carbonyl (C=O) groups is 1. The summed E-state index contributed by atoms with van der Waals surface area (Å²) in [6.07, 6.45) is 4.39. The van der Waals surface area contributed by atoms with Gasteiger partial charge in [-0.3, -0.25) is 9.78 Å². The number of rotatable bonds is 4. The van der Waals surface area contributed by atoms with Crippen LogP contribution in [0, 0.1) is 5.41 Å². The second-order valence-electron chi connectivity index (χ2n) is 5.26. The number of hydrogen-bond acceptors (Lipinski definition) is 3. The molecule has 4 nitrogen and oxygen atoms in total. The van der Waals surface area contributed by atoms with E-state index in [4.69, 9.17) is 4.74 Å². The van der Waals surface area contributed by atoms with E-state index in [0.717, 1.165) is 13.0 Å². The third-order valence-electron chi connectivity index (χ3n) is 3.79. The van der Waals surface area contributed by atoms with Crippen molar-refractivity contribution in [1.82, 2.24) is 10.3 Å². The number of hydrogen-bond donors (Lipinski definition) is 1. The first-order valence-electron chi connectivity index (χ1n) is 6.38. The lowest BCUT2D eigenvalue weighted by Gasteiger charge is -2.51. The molecule has 0 aromatic carbocycles. The van der Waals surface area contributed by atoms with Gasteiger partial charge in [-0.25, -0.2) is 0 Å². The number of nitrogens with zero attached hydrogens (tertiary/aromatic N) is 1. The van der Waals surface area contributed by atoms with E-state index >= 15 is 0 Å². The summed E-state index contributed by atoms with van der Waals surface area (Å²) in [5, 5.41) is 3.06. The van der Waals surface area contributed by atoms with E-state index in [1.54, 1.807) is 24.5 Å². The van der Waals surface area contributed by atoms with Crippen molar-refractivity contribution in [2.75, 3.05) is 6.61 Å². The zero-order chi connectivity index (χ0) is 13.2. The highest BCUT2D eigenvalue weighted by atomic mass is 16.5. The maximum atomic E-state index is 12.0. The SMILES string of the molecule is CCO[C@H]1C[C@H](NC(=O)c2ccncc2)C1(C)C. The van der Waals surface area contributed by atoms with Gasteiger partial charge in [0, 0.05) is 36.0 Å². The lowest BCUT2D eigenvalue weighted by molar-refractivity contribution is -0.111. The third-order valence-corrected chi connectivity index (χ3v) is 3.79. The minimum Gasteiger partial charge on any atom is -0.378 e. The molecule has 1 aromatic rings. The van der Waals surface area contributed by atoms with Crippen molar-refractivity contribution in [1.29, 1.82) is 0 Å². The fourth-order valence-electron chi connectivity index (χ4n) is 2.36. The molecule has 0 aliphatic heterocycles. The standard InChI is InChI=1S/C14H20N2O2/c1-4-18-12-9-11(14(12,2)3)16-13(17)10-5-7-15-8-6-10/h5-8,11-12H,4,9H2,1-3H3,(H,16,17)/t11-,12-/m0/s1. The molecule has 1 aliphatic carbocycles. The summed E-state index contributed by atoms with van der Waals surface area (Å²) in [7, 11) is 0. The molecule has 1 heterocycles. The number of pyridine rings is 1. The number of aromatic nitrogens is 1. The Labute approximate surface area is 108 Å². The summed E-state index contributed by atoms with van der Waals surface area (Å²) in [5.41, 5.74) is 0.652. The van der Waals surface area contributed by atoms with Gasteiger partial charge in [0.1, 0.15) is 0 Å². The Hall–Kier alpha value is -1.42. The lowest BCUT2D eigenvalue weighted by atomic mass is 9.64. The van der Waals surface area contributed by atoms with E-state index in [0.29, 0.717) is 5.56 Å². The Morgan fingerprint density at radius 3 is 2.72 bits per heavy atom. The van der Waals surface area contributed by atoms with Crippen LogP contribution in [-0.4, -0.2) is 29.6 Å². The molecule has 1 amide bonds. The zero-order valence-electron chi connectivity index (χ0n) is 11.1. The molecule has 0 saturated heterocycles. The first kappa shape index (κ1) is 13.0. The quantitative estimate of drug-likeness (QED) is 0.886. The Bertz CT molecular complexity index is 417. The molecule has 18 heavy (non-hydrogen) atoms. The summed E-state index contributed by atoms with van der Waals surface area (Å²) in [5.74, 6) is -0.0366. The molecule has 0 bridgehead atoms. The van der Waals surface area contributed by atoms with Gasteiger partial charge in [-0.2, -0.15) is 0 Å². The molecule has 98 valence electrons. The van der Waals surface area contributed by atoms with Crippen LogP contribution in [0.4, 0.5) is 0 Å². The van der Waals surface area contributed by atoms with Gasteiger partial charge in [0.2, 0.25) is 0 Å². The fraction of sp³-hybridized carbons (Fsp3) is 0.571. The molecule has 0 radical (unpaired) electrons. The van der Waals surface area contributed by atoms with Gasteiger partial charge >= 0.3 is 0 Å². The maximum Gasteiger partial charge on any atom is 0.251 e. The van der Waals surface area contributed by atoms with E-state index in [2.05, 4.69) is 24.1 Å². The minimum atomic E-state index is -0.0366. The number of nitrogens with one attached hydrogen (secondary N) is 1. The van der Waals surface area contributed by atoms with Gasteiger partial charge < -0.3 is 10.1 Å². The molecule has 1 N–H and O–H groups in total. The van der Waals surface area contributed by atoms with Crippen LogP contribution in [-0.2, 0) is 4.74 Å². The van der Waals surface area contributed by atoms with Gasteiger partial charge in [-0.15, -0.1) is 0 Å². The first-order valence-corrected chi connectivity index (χ1v) is 6.38. The van der Waals surface area contributed by atoms with E-state index in [1.165, 1.54) is 0 Å². The molecular formula is C14H20N2O2. The van der Waals surface area contributed by atoms with E-state index < -0.39 is 0 Å². The molecule has 1 saturated carbocycles. The average Bonchev–Trinajstić information content (AvgIpc) is 2.38. The van der Waals surface area contributed by atoms with E-state index in [1.807, 2.05) is 6.92 Å². The highest BCUT2D eigenvalue weighted by Gasteiger charge is 2.49. The van der Waals surface area contributed by atoms with Crippen molar-refractivity contribution in [3.8, 4) is 0 Å². The van der Waals surface area contributed by atoms with E-state index in [9.17, 15) is 4.79 Å². The second kappa shape index (κ2) is 5.06. The molecular weight excluding hydrogens is 228 g/mol. The fourth-order valence-corrected chi connectivity index (χ4v) is 2.36. The number of carbonyl (C=O) groups excluding carboxylic acids is 1. The summed E-state index contributed by atoms with van der Waals surface area (Å²) < 4.78 is 5.65. The minimum absolute atomic E-state index is 0.00129. The van der Waals surface area contributed by atoms with Crippen LogP contribution in [0.2, 0.25) is 0 Å².